The number of hydrogen-bond donors (Lipinski definition) is 1. The lowest BCUT2D eigenvalue weighted by Crippen LogP contribution is -2.29. The van der Waals surface area contributed by atoms with Crippen molar-refractivity contribution >= 4 is 22.5 Å². The largest absolute Gasteiger partial charge is 0.346 e. The van der Waals surface area contributed by atoms with Gasteiger partial charge in [0.05, 0.1) is 0 Å². The SMILES string of the molecule is CCCCCC(C)NCCn1ccc2ccc(Cl)cc21. The molecule has 0 aliphatic rings. The zero-order chi connectivity index (χ0) is 14.4. The molecule has 0 amide bonds. The number of benzene rings is 1. The molecule has 0 aliphatic carbocycles. The van der Waals surface area contributed by atoms with E-state index in [0.717, 1.165) is 18.1 Å². The Morgan fingerprint density at radius 1 is 1.25 bits per heavy atom. The molecule has 0 bridgehead atoms. The highest BCUT2D eigenvalue weighted by Gasteiger charge is 2.03. The molecule has 1 heterocycles. The van der Waals surface area contributed by atoms with Crippen LogP contribution >= 0.6 is 11.6 Å². The number of hydrogen-bond acceptors (Lipinski definition) is 1. The Balaban J connectivity index is 1.82. The molecule has 3 heteroatoms. The maximum Gasteiger partial charge on any atom is 0.0495 e. The van der Waals surface area contributed by atoms with Crippen LogP contribution in [0.4, 0.5) is 0 Å². The number of rotatable bonds is 8. The minimum Gasteiger partial charge on any atom is -0.346 e. The zero-order valence-electron chi connectivity index (χ0n) is 12.5. The van der Waals surface area contributed by atoms with Gasteiger partial charge in [-0.05, 0) is 36.9 Å². The fourth-order valence-corrected chi connectivity index (χ4v) is 2.75. The van der Waals surface area contributed by atoms with Crippen molar-refractivity contribution in [2.24, 2.45) is 0 Å². The second kappa shape index (κ2) is 7.70. The number of nitrogens with one attached hydrogen (secondary N) is 1. The normalized spacial score (nSPS) is 12.9. The van der Waals surface area contributed by atoms with E-state index in [4.69, 9.17) is 11.6 Å². The van der Waals surface area contributed by atoms with Gasteiger partial charge in [-0.1, -0.05) is 43.9 Å². The molecule has 0 fully saturated rings. The van der Waals surface area contributed by atoms with E-state index in [2.05, 4.69) is 42.1 Å². The first-order chi connectivity index (χ1) is 9.70. The van der Waals surface area contributed by atoms with Gasteiger partial charge < -0.3 is 9.88 Å². The Kier molecular flexibility index (Phi) is 5.93. The Morgan fingerprint density at radius 3 is 2.90 bits per heavy atom. The van der Waals surface area contributed by atoms with Gasteiger partial charge in [0.1, 0.15) is 0 Å². The molecule has 0 radical (unpaired) electrons. The Morgan fingerprint density at radius 2 is 2.10 bits per heavy atom. The van der Waals surface area contributed by atoms with Gasteiger partial charge in [0.2, 0.25) is 0 Å². The molecular formula is C17H25ClN2. The van der Waals surface area contributed by atoms with Crippen molar-refractivity contribution in [2.45, 2.75) is 52.1 Å². The summed E-state index contributed by atoms with van der Waals surface area (Å²) in [5.74, 6) is 0. The summed E-state index contributed by atoms with van der Waals surface area (Å²) in [4.78, 5) is 0. The molecule has 110 valence electrons. The maximum atomic E-state index is 6.07. The zero-order valence-corrected chi connectivity index (χ0v) is 13.3. The summed E-state index contributed by atoms with van der Waals surface area (Å²) >= 11 is 6.07. The van der Waals surface area contributed by atoms with E-state index in [1.807, 2.05) is 12.1 Å². The third-order valence-corrected chi connectivity index (χ3v) is 4.06. The maximum absolute atomic E-state index is 6.07. The van der Waals surface area contributed by atoms with E-state index < -0.39 is 0 Å². The van der Waals surface area contributed by atoms with Crippen molar-refractivity contribution in [2.75, 3.05) is 6.54 Å². The van der Waals surface area contributed by atoms with Gasteiger partial charge in [-0.3, -0.25) is 0 Å². The summed E-state index contributed by atoms with van der Waals surface area (Å²) < 4.78 is 2.27. The van der Waals surface area contributed by atoms with Crippen LogP contribution in [0.3, 0.4) is 0 Å². The molecule has 1 aromatic carbocycles. The van der Waals surface area contributed by atoms with E-state index in [9.17, 15) is 0 Å². The number of aromatic nitrogens is 1. The standard InChI is InChI=1S/C17H25ClN2/c1-3-4-5-6-14(2)19-10-12-20-11-9-15-7-8-16(18)13-17(15)20/h7-9,11,13-14,19H,3-6,10,12H2,1-2H3. The molecule has 2 aromatic rings. The van der Waals surface area contributed by atoms with Gasteiger partial charge in [-0.2, -0.15) is 0 Å². The van der Waals surface area contributed by atoms with Crippen LogP contribution in [0.1, 0.15) is 39.5 Å². The molecule has 0 saturated heterocycles. The van der Waals surface area contributed by atoms with E-state index >= 15 is 0 Å². The molecule has 1 N–H and O–H groups in total. The molecule has 1 unspecified atom stereocenters. The van der Waals surface area contributed by atoms with Crippen LogP contribution in [-0.2, 0) is 6.54 Å². The first kappa shape index (κ1) is 15.4. The van der Waals surface area contributed by atoms with Crippen molar-refractivity contribution < 1.29 is 0 Å². The highest BCUT2D eigenvalue weighted by Crippen LogP contribution is 2.20. The first-order valence-corrected chi connectivity index (χ1v) is 8.06. The molecule has 2 nitrogen and oxygen atoms in total. The van der Waals surface area contributed by atoms with Crippen molar-refractivity contribution in [1.82, 2.24) is 9.88 Å². The summed E-state index contributed by atoms with van der Waals surface area (Å²) in [5, 5.41) is 5.66. The summed E-state index contributed by atoms with van der Waals surface area (Å²) in [5.41, 5.74) is 1.22. The van der Waals surface area contributed by atoms with Gasteiger partial charge >= 0.3 is 0 Å². The van der Waals surface area contributed by atoms with E-state index in [-0.39, 0.29) is 0 Å². The fourth-order valence-electron chi connectivity index (χ4n) is 2.59. The number of unbranched alkanes of at least 4 members (excludes halogenated alkanes) is 2. The number of fused-ring (bicyclic) bond motifs is 1. The third-order valence-electron chi connectivity index (χ3n) is 3.82. The average molecular weight is 293 g/mol. The lowest BCUT2D eigenvalue weighted by molar-refractivity contribution is 0.473. The monoisotopic (exact) mass is 292 g/mol. The molecule has 1 atom stereocenters. The topological polar surface area (TPSA) is 17.0 Å². The highest BCUT2D eigenvalue weighted by atomic mass is 35.5. The fraction of sp³-hybridized carbons (Fsp3) is 0.529. The van der Waals surface area contributed by atoms with E-state index in [1.54, 1.807) is 0 Å². The van der Waals surface area contributed by atoms with E-state index in [0.29, 0.717) is 6.04 Å². The van der Waals surface area contributed by atoms with Crippen LogP contribution in [0.5, 0.6) is 0 Å². The Labute approximate surface area is 127 Å². The summed E-state index contributed by atoms with van der Waals surface area (Å²) in [6, 6.07) is 8.82. The molecule has 20 heavy (non-hydrogen) atoms. The minimum atomic E-state index is 0.604. The van der Waals surface area contributed by atoms with E-state index in [1.165, 1.54) is 36.6 Å². The van der Waals surface area contributed by atoms with Crippen LogP contribution in [-0.4, -0.2) is 17.2 Å². The van der Waals surface area contributed by atoms with Gasteiger partial charge in [-0.15, -0.1) is 0 Å². The molecular weight excluding hydrogens is 268 g/mol. The third kappa shape index (κ3) is 4.26. The minimum absolute atomic E-state index is 0.604. The van der Waals surface area contributed by atoms with Crippen molar-refractivity contribution in [1.29, 1.82) is 0 Å². The van der Waals surface area contributed by atoms with Crippen LogP contribution in [0.2, 0.25) is 5.02 Å². The Bertz CT molecular complexity index is 533. The van der Waals surface area contributed by atoms with Gasteiger partial charge in [-0.25, -0.2) is 0 Å². The van der Waals surface area contributed by atoms with Gasteiger partial charge in [0, 0.05) is 35.9 Å². The smallest absolute Gasteiger partial charge is 0.0495 e. The lowest BCUT2D eigenvalue weighted by atomic mass is 10.1. The number of nitrogens with zero attached hydrogens (tertiary/aromatic N) is 1. The quantitative estimate of drug-likeness (QED) is 0.688. The summed E-state index contributed by atoms with van der Waals surface area (Å²) in [7, 11) is 0. The average Bonchev–Trinajstić information content (AvgIpc) is 2.82. The van der Waals surface area contributed by atoms with Gasteiger partial charge in [0.25, 0.3) is 0 Å². The van der Waals surface area contributed by atoms with Crippen LogP contribution < -0.4 is 5.32 Å². The summed E-state index contributed by atoms with van der Waals surface area (Å²) in [6.45, 7) is 6.52. The van der Waals surface area contributed by atoms with Crippen LogP contribution in [0.15, 0.2) is 30.5 Å². The predicted octanol–water partition coefficient (Wildman–Crippen LogP) is 4.85. The molecule has 2 rings (SSSR count). The highest BCUT2D eigenvalue weighted by molar-refractivity contribution is 6.31. The van der Waals surface area contributed by atoms with Crippen LogP contribution in [0, 0.1) is 0 Å². The molecule has 0 aliphatic heterocycles. The van der Waals surface area contributed by atoms with Gasteiger partial charge in [0.15, 0.2) is 0 Å². The first-order valence-electron chi connectivity index (χ1n) is 7.68. The van der Waals surface area contributed by atoms with Crippen molar-refractivity contribution in [3.8, 4) is 0 Å². The predicted molar refractivity (Wildman–Crippen MR) is 88.6 cm³/mol. The Hall–Kier alpha value is -0.990. The van der Waals surface area contributed by atoms with Crippen molar-refractivity contribution in [3.05, 3.63) is 35.5 Å². The van der Waals surface area contributed by atoms with Crippen LogP contribution in [0.25, 0.3) is 10.9 Å². The second-order valence-electron chi connectivity index (χ2n) is 5.56. The molecule has 0 spiro atoms. The second-order valence-corrected chi connectivity index (χ2v) is 6.00. The molecule has 0 saturated carbocycles. The lowest BCUT2D eigenvalue weighted by Gasteiger charge is -2.14. The number of halogens is 1. The molecule has 1 aromatic heterocycles. The van der Waals surface area contributed by atoms with Crippen molar-refractivity contribution in [3.63, 3.8) is 0 Å². The summed E-state index contributed by atoms with van der Waals surface area (Å²) in [6.07, 6.45) is 7.37.